The van der Waals surface area contributed by atoms with Crippen LogP contribution in [0.25, 0.3) is 10.8 Å². The van der Waals surface area contributed by atoms with Gasteiger partial charge in [-0.3, -0.25) is 4.99 Å². The summed E-state index contributed by atoms with van der Waals surface area (Å²) < 4.78 is 5.51. The molecule has 0 atom stereocenters. The molecule has 0 spiro atoms. The third kappa shape index (κ3) is 5.57. The lowest BCUT2D eigenvalue weighted by atomic mass is 10.1. The van der Waals surface area contributed by atoms with Crippen LogP contribution in [0.3, 0.4) is 0 Å². The molecule has 0 aliphatic rings. The minimum absolute atomic E-state index is 0. The predicted molar refractivity (Wildman–Crippen MR) is 113 cm³/mol. The standard InChI is InChI=1S/C18H20N4OS.HI/c1-13-5-7-14(8-6-13)10-20-18(19-2)21-11-15-12-23-17(22-15)16-4-3-9-24-16;/h3-9,12H,10-11H2,1-2H3,(H2,19,20,21);1H. The fraction of sp³-hybridized carbons (Fsp3) is 0.222. The minimum atomic E-state index is 0. The highest BCUT2D eigenvalue weighted by Crippen LogP contribution is 2.23. The molecule has 3 rings (SSSR count). The van der Waals surface area contributed by atoms with E-state index in [1.165, 1.54) is 11.1 Å². The van der Waals surface area contributed by atoms with Gasteiger partial charge in [0.25, 0.3) is 0 Å². The van der Waals surface area contributed by atoms with Crippen LogP contribution in [0.5, 0.6) is 0 Å². The molecule has 5 nitrogen and oxygen atoms in total. The molecule has 0 bridgehead atoms. The molecular formula is C18H21IN4OS. The summed E-state index contributed by atoms with van der Waals surface area (Å²) in [6, 6.07) is 12.4. The average molecular weight is 468 g/mol. The summed E-state index contributed by atoms with van der Waals surface area (Å²) >= 11 is 1.61. The van der Waals surface area contributed by atoms with Crippen molar-refractivity contribution in [3.8, 4) is 10.8 Å². The molecule has 0 aliphatic carbocycles. The quantitative estimate of drug-likeness (QED) is 0.335. The highest BCUT2D eigenvalue weighted by molar-refractivity contribution is 14.0. The van der Waals surface area contributed by atoms with Crippen LogP contribution < -0.4 is 10.6 Å². The number of aliphatic imine (C=N–C) groups is 1. The summed E-state index contributed by atoms with van der Waals surface area (Å²) in [5.74, 6) is 1.39. The van der Waals surface area contributed by atoms with Crippen LogP contribution in [-0.4, -0.2) is 18.0 Å². The number of oxazole rings is 1. The van der Waals surface area contributed by atoms with E-state index in [-0.39, 0.29) is 24.0 Å². The number of aryl methyl sites for hydroxylation is 1. The maximum absolute atomic E-state index is 5.51. The van der Waals surface area contributed by atoms with Crippen molar-refractivity contribution in [3.63, 3.8) is 0 Å². The number of hydrogen-bond donors (Lipinski definition) is 2. The smallest absolute Gasteiger partial charge is 0.236 e. The molecule has 2 aromatic heterocycles. The zero-order chi connectivity index (χ0) is 16.8. The number of rotatable bonds is 5. The first-order chi connectivity index (χ1) is 11.7. The number of benzene rings is 1. The van der Waals surface area contributed by atoms with Gasteiger partial charge in [-0.15, -0.1) is 35.3 Å². The van der Waals surface area contributed by atoms with Gasteiger partial charge in [0, 0.05) is 13.6 Å². The summed E-state index contributed by atoms with van der Waals surface area (Å²) in [5, 5.41) is 8.55. The highest BCUT2D eigenvalue weighted by Gasteiger charge is 2.08. The van der Waals surface area contributed by atoms with Gasteiger partial charge >= 0.3 is 0 Å². The molecule has 2 heterocycles. The SMILES string of the molecule is CN=C(NCc1ccc(C)cc1)NCc1coc(-c2cccs2)n1.I. The first kappa shape index (κ1) is 19.5. The van der Waals surface area contributed by atoms with Crippen molar-refractivity contribution in [2.75, 3.05) is 7.05 Å². The Morgan fingerprint density at radius 1 is 1.16 bits per heavy atom. The Hall–Kier alpha value is -1.87. The van der Waals surface area contributed by atoms with Crippen molar-refractivity contribution in [2.45, 2.75) is 20.0 Å². The second kappa shape index (κ2) is 9.57. The van der Waals surface area contributed by atoms with Crippen molar-refractivity contribution in [1.29, 1.82) is 0 Å². The third-order valence-corrected chi connectivity index (χ3v) is 4.38. The number of aromatic nitrogens is 1. The average Bonchev–Trinajstić information content (AvgIpc) is 3.28. The summed E-state index contributed by atoms with van der Waals surface area (Å²) in [6.07, 6.45) is 1.68. The van der Waals surface area contributed by atoms with Gasteiger partial charge in [-0.25, -0.2) is 4.98 Å². The second-order valence-electron chi connectivity index (χ2n) is 5.39. The molecule has 2 N–H and O–H groups in total. The maximum atomic E-state index is 5.51. The lowest BCUT2D eigenvalue weighted by molar-refractivity contribution is 0.573. The van der Waals surface area contributed by atoms with E-state index in [2.05, 4.69) is 51.8 Å². The van der Waals surface area contributed by atoms with E-state index in [1.807, 2.05) is 17.5 Å². The molecule has 0 radical (unpaired) electrons. The first-order valence-electron chi connectivity index (χ1n) is 7.73. The summed E-state index contributed by atoms with van der Waals surface area (Å²) in [5.41, 5.74) is 3.32. The number of nitrogens with zero attached hydrogens (tertiary/aromatic N) is 2. The summed E-state index contributed by atoms with van der Waals surface area (Å²) in [4.78, 5) is 9.75. The Morgan fingerprint density at radius 3 is 2.60 bits per heavy atom. The van der Waals surface area contributed by atoms with Gasteiger partial charge in [0.2, 0.25) is 5.89 Å². The first-order valence-corrected chi connectivity index (χ1v) is 8.61. The topological polar surface area (TPSA) is 62.5 Å². The van der Waals surface area contributed by atoms with Crippen LogP contribution in [0.15, 0.2) is 57.5 Å². The fourth-order valence-electron chi connectivity index (χ4n) is 2.19. The normalized spacial score (nSPS) is 11.0. The Labute approximate surface area is 168 Å². The van der Waals surface area contributed by atoms with Crippen LogP contribution in [0, 0.1) is 6.92 Å². The van der Waals surface area contributed by atoms with E-state index in [9.17, 15) is 0 Å². The van der Waals surface area contributed by atoms with E-state index in [4.69, 9.17) is 4.42 Å². The molecule has 25 heavy (non-hydrogen) atoms. The molecular weight excluding hydrogens is 447 g/mol. The largest absolute Gasteiger partial charge is 0.443 e. The van der Waals surface area contributed by atoms with Crippen LogP contribution in [-0.2, 0) is 13.1 Å². The van der Waals surface area contributed by atoms with Crippen LogP contribution in [0.1, 0.15) is 16.8 Å². The molecule has 0 saturated heterocycles. The Bertz CT molecular complexity index is 797. The highest BCUT2D eigenvalue weighted by atomic mass is 127. The van der Waals surface area contributed by atoms with Crippen LogP contribution in [0.2, 0.25) is 0 Å². The van der Waals surface area contributed by atoms with E-state index < -0.39 is 0 Å². The summed E-state index contributed by atoms with van der Waals surface area (Å²) in [6.45, 7) is 3.36. The van der Waals surface area contributed by atoms with E-state index in [0.717, 1.165) is 23.1 Å². The molecule has 7 heteroatoms. The van der Waals surface area contributed by atoms with E-state index in [1.54, 1.807) is 24.6 Å². The fourth-order valence-corrected chi connectivity index (χ4v) is 2.84. The minimum Gasteiger partial charge on any atom is -0.443 e. The van der Waals surface area contributed by atoms with Gasteiger partial charge in [-0.05, 0) is 23.9 Å². The van der Waals surface area contributed by atoms with E-state index in [0.29, 0.717) is 12.4 Å². The lowest BCUT2D eigenvalue weighted by Gasteiger charge is -2.11. The number of halogens is 1. The van der Waals surface area contributed by atoms with Gasteiger partial charge in [0.1, 0.15) is 6.26 Å². The number of thiophene rings is 1. The van der Waals surface area contributed by atoms with Gasteiger partial charge in [0.15, 0.2) is 5.96 Å². The van der Waals surface area contributed by atoms with Crippen molar-refractivity contribution < 1.29 is 4.42 Å². The monoisotopic (exact) mass is 468 g/mol. The predicted octanol–water partition coefficient (Wildman–Crippen LogP) is 4.19. The van der Waals surface area contributed by atoms with Gasteiger partial charge in [-0.1, -0.05) is 35.9 Å². The molecule has 0 amide bonds. The van der Waals surface area contributed by atoms with E-state index >= 15 is 0 Å². The zero-order valence-electron chi connectivity index (χ0n) is 14.2. The molecule has 0 unspecified atom stereocenters. The van der Waals surface area contributed by atoms with Gasteiger partial charge in [0.05, 0.1) is 17.1 Å². The van der Waals surface area contributed by atoms with Crippen molar-refractivity contribution in [1.82, 2.24) is 15.6 Å². The van der Waals surface area contributed by atoms with Crippen molar-refractivity contribution in [3.05, 3.63) is 64.9 Å². The van der Waals surface area contributed by atoms with Gasteiger partial charge < -0.3 is 15.1 Å². The molecule has 0 aliphatic heterocycles. The Kier molecular flexibility index (Phi) is 7.45. The molecule has 132 valence electrons. The zero-order valence-corrected chi connectivity index (χ0v) is 17.3. The summed E-state index contributed by atoms with van der Waals surface area (Å²) in [7, 11) is 1.75. The molecule has 1 aromatic carbocycles. The third-order valence-electron chi connectivity index (χ3n) is 3.52. The molecule has 0 fully saturated rings. The van der Waals surface area contributed by atoms with Crippen LogP contribution in [0.4, 0.5) is 0 Å². The second-order valence-corrected chi connectivity index (χ2v) is 6.33. The van der Waals surface area contributed by atoms with Crippen LogP contribution >= 0.6 is 35.3 Å². The molecule has 0 saturated carbocycles. The number of hydrogen-bond acceptors (Lipinski definition) is 4. The Morgan fingerprint density at radius 2 is 1.92 bits per heavy atom. The number of nitrogens with one attached hydrogen (secondary N) is 2. The Balaban J connectivity index is 0.00000225. The lowest BCUT2D eigenvalue weighted by Crippen LogP contribution is -2.36. The maximum Gasteiger partial charge on any atom is 0.236 e. The van der Waals surface area contributed by atoms with Crippen molar-refractivity contribution in [2.24, 2.45) is 4.99 Å². The molecule has 3 aromatic rings. The van der Waals surface area contributed by atoms with Crippen molar-refractivity contribution >= 4 is 41.3 Å². The van der Waals surface area contributed by atoms with Gasteiger partial charge in [-0.2, -0.15) is 0 Å². The number of guanidine groups is 1.